The highest BCUT2D eigenvalue weighted by Gasteiger charge is 2.47. The molecular formula is C25H31ClN6O2. The molecule has 1 aromatic carbocycles. The lowest BCUT2D eigenvalue weighted by Gasteiger charge is -2.27. The fourth-order valence-electron chi connectivity index (χ4n) is 5.52. The second kappa shape index (κ2) is 9.90. The number of nitrogens with one attached hydrogen (secondary N) is 2. The Morgan fingerprint density at radius 3 is 2.82 bits per heavy atom. The molecule has 180 valence electrons. The molecule has 2 heterocycles. The van der Waals surface area contributed by atoms with Crippen LogP contribution in [0.25, 0.3) is 0 Å². The van der Waals surface area contributed by atoms with Crippen LogP contribution in [0.1, 0.15) is 17.5 Å². The molecule has 0 spiro atoms. The highest BCUT2D eigenvalue weighted by molar-refractivity contribution is 6.32. The van der Waals surface area contributed by atoms with Crippen LogP contribution in [-0.4, -0.2) is 60.2 Å². The van der Waals surface area contributed by atoms with E-state index < -0.39 is 0 Å². The van der Waals surface area contributed by atoms with Crippen molar-refractivity contribution in [3.05, 3.63) is 52.7 Å². The van der Waals surface area contributed by atoms with E-state index in [1.807, 2.05) is 0 Å². The number of allylic oxidation sites excluding steroid dienone is 1. The Bertz CT molecular complexity index is 1090. The maximum atomic E-state index is 12.1. The zero-order valence-corrected chi connectivity index (χ0v) is 20.1. The second-order valence-corrected chi connectivity index (χ2v) is 9.79. The van der Waals surface area contributed by atoms with Gasteiger partial charge in [-0.1, -0.05) is 29.8 Å². The van der Waals surface area contributed by atoms with Gasteiger partial charge >= 0.3 is 0 Å². The number of aromatic nitrogens is 2. The van der Waals surface area contributed by atoms with E-state index in [1.165, 1.54) is 11.1 Å². The van der Waals surface area contributed by atoms with Crippen molar-refractivity contribution < 1.29 is 9.53 Å². The monoisotopic (exact) mass is 482 g/mol. The fraction of sp³-hybridized carbons (Fsp3) is 0.480. The van der Waals surface area contributed by atoms with Crippen molar-refractivity contribution >= 4 is 35.0 Å². The SMILES string of the molecule is COCCN1CCc2ccc(Nc3ncc(Cl)c(N[C@H]4[C@@H](C(N)=O)[C@H]5C=C[C@@H]4C5)n3)cc2CC1. The summed E-state index contributed by atoms with van der Waals surface area (Å²) in [6.07, 6.45) is 8.79. The van der Waals surface area contributed by atoms with Crippen LogP contribution in [0.4, 0.5) is 17.5 Å². The molecule has 0 unspecified atom stereocenters. The summed E-state index contributed by atoms with van der Waals surface area (Å²) in [5.74, 6) is 0.853. The number of hydrogen-bond donors (Lipinski definition) is 3. The number of anilines is 3. The number of nitrogens with zero attached hydrogens (tertiary/aromatic N) is 3. The van der Waals surface area contributed by atoms with E-state index >= 15 is 0 Å². The standard InChI is InChI=1S/C25H31ClN6O2/c1-34-11-10-32-8-6-15-4-5-19(13-16(15)7-9-32)29-25-28-14-20(26)24(31-25)30-22-18-3-2-17(12-18)21(22)23(27)33/h2-5,13-14,17-18,21-22H,6-12H2,1H3,(H2,27,33)(H2,28,29,30,31)/t17-,18+,21-,22+/m0/s1. The minimum absolute atomic E-state index is 0.110. The van der Waals surface area contributed by atoms with Crippen molar-refractivity contribution in [3.8, 4) is 0 Å². The highest BCUT2D eigenvalue weighted by atomic mass is 35.5. The minimum atomic E-state index is -0.288. The van der Waals surface area contributed by atoms with Crippen molar-refractivity contribution in [1.82, 2.24) is 14.9 Å². The van der Waals surface area contributed by atoms with E-state index in [0.717, 1.165) is 51.2 Å². The minimum Gasteiger partial charge on any atom is -0.383 e. The number of primary amides is 1. The molecule has 9 heteroatoms. The van der Waals surface area contributed by atoms with Gasteiger partial charge in [-0.15, -0.1) is 0 Å². The Kier molecular flexibility index (Phi) is 6.72. The predicted molar refractivity (Wildman–Crippen MR) is 133 cm³/mol. The van der Waals surface area contributed by atoms with E-state index in [0.29, 0.717) is 16.8 Å². The van der Waals surface area contributed by atoms with Crippen molar-refractivity contribution in [2.24, 2.45) is 23.5 Å². The molecule has 3 aliphatic rings. The van der Waals surface area contributed by atoms with Gasteiger partial charge in [0, 0.05) is 38.5 Å². The number of hydrogen-bond acceptors (Lipinski definition) is 7. The summed E-state index contributed by atoms with van der Waals surface area (Å²) in [6.45, 7) is 3.78. The molecule has 2 bridgehead atoms. The van der Waals surface area contributed by atoms with Gasteiger partial charge in [-0.2, -0.15) is 4.98 Å². The number of amides is 1. The molecule has 1 saturated carbocycles. The average molecular weight is 483 g/mol. The summed E-state index contributed by atoms with van der Waals surface area (Å²) in [4.78, 5) is 23.5. The third-order valence-electron chi connectivity index (χ3n) is 7.30. The van der Waals surface area contributed by atoms with Crippen LogP contribution in [0.15, 0.2) is 36.5 Å². The van der Waals surface area contributed by atoms with Crippen molar-refractivity contribution in [2.45, 2.75) is 25.3 Å². The average Bonchev–Trinajstić information content (AvgIpc) is 3.37. The zero-order chi connectivity index (χ0) is 23.7. The summed E-state index contributed by atoms with van der Waals surface area (Å²) in [7, 11) is 1.75. The van der Waals surface area contributed by atoms with Crippen LogP contribution in [0.2, 0.25) is 5.02 Å². The molecule has 1 fully saturated rings. The van der Waals surface area contributed by atoms with Gasteiger partial charge in [0.15, 0.2) is 5.82 Å². The second-order valence-electron chi connectivity index (χ2n) is 9.38. The fourth-order valence-corrected chi connectivity index (χ4v) is 5.66. The summed E-state index contributed by atoms with van der Waals surface area (Å²) in [6, 6.07) is 6.33. The molecule has 4 N–H and O–H groups in total. The number of rotatable bonds is 8. The maximum absolute atomic E-state index is 12.1. The molecule has 1 aromatic heterocycles. The first-order chi connectivity index (χ1) is 16.5. The quantitative estimate of drug-likeness (QED) is 0.496. The lowest BCUT2D eigenvalue weighted by atomic mass is 9.88. The van der Waals surface area contributed by atoms with Gasteiger partial charge in [0.25, 0.3) is 0 Å². The third-order valence-corrected chi connectivity index (χ3v) is 7.58. The Hall–Kier alpha value is -2.68. The van der Waals surface area contributed by atoms with Gasteiger partial charge in [-0.25, -0.2) is 4.98 Å². The Morgan fingerprint density at radius 1 is 1.24 bits per heavy atom. The van der Waals surface area contributed by atoms with Crippen LogP contribution < -0.4 is 16.4 Å². The first-order valence-electron chi connectivity index (χ1n) is 11.9. The zero-order valence-electron chi connectivity index (χ0n) is 19.3. The molecule has 1 aliphatic heterocycles. The normalized spacial score (nSPS) is 25.7. The van der Waals surface area contributed by atoms with Crippen LogP contribution in [-0.2, 0) is 22.4 Å². The first-order valence-corrected chi connectivity index (χ1v) is 12.3. The largest absolute Gasteiger partial charge is 0.383 e. The number of fused-ring (bicyclic) bond motifs is 3. The number of methoxy groups -OCH3 is 1. The summed E-state index contributed by atoms with van der Waals surface area (Å²) >= 11 is 6.41. The van der Waals surface area contributed by atoms with E-state index in [-0.39, 0.29) is 29.7 Å². The van der Waals surface area contributed by atoms with Crippen molar-refractivity contribution in [1.29, 1.82) is 0 Å². The Morgan fingerprint density at radius 2 is 2.03 bits per heavy atom. The first kappa shape index (κ1) is 23.1. The third kappa shape index (κ3) is 4.76. The summed E-state index contributed by atoms with van der Waals surface area (Å²) < 4.78 is 5.23. The van der Waals surface area contributed by atoms with Crippen molar-refractivity contribution in [3.63, 3.8) is 0 Å². The van der Waals surface area contributed by atoms with E-state index in [4.69, 9.17) is 22.1 Å². The van der Waals surface area contributed by atoms with E-state index in [9.17, 15) is 4.79 Å². The molecule has 2 aliphatic carbocycles. The Balaban J connectivity index is 1.29. The summed E-state index contributed by atoms with van der Waals surface area (Å²) in [5.41, 5.74) is 9.36. The van der Waals surface area contributed by atoms with Gasteiger partial charge in [0.05, 0.1) is 18.7 Å². The number of benzene rings is 1. The van der Waals surface area contributed by atoms with Gasteiger partial charge < -0.3 is 26.0 Å². The smallest absolute Gasteiger partial charge is 0.229 e. The Labute approximate surface area is 204 Å². The number of nitrogens with two attached hydrogens (primary N) is 1. The van der Waals surface area contributed by atoms with Gasteiger partial charge in [-0.05, 0) is 54.4 Å². The lowest BCUT2D eigenvalue weighted by Crippen LogP contribution is -2.41. The molecular weight excluding hydrogens is 452 g/mol. The maximum Gasteiger partial charge on any atom is 0.229 e. The molecule has 34 heavy (non-hydrogen) atoms. The molecule has 0 saturated heterocycles. The molecule has 5 rings (SSSR count). The molecule has 1 amide bonds. The van der Waals surface area contributed by atoms with Gasteiger partial charge in [-0.3, -0.25) is 4.79 Å². The van der Waals surface area contributed by atoms with Crippen LogP contribution in [0, 0.1) is 17.8 Å². The van der Waals surface area contributed by atoms with Crippen LogP contribution in [0.5, 0.6) is 0 Å². The predicted octanol–water partition coefficient (Wildman–Crippen LogP) is 3.01. The summed E-state index contributed by atoms with van der Waals surface area (Å²) in [5, 5.41) is 7.12. The number of ether oxygens (including phenoxy) is 1. The number of halogens is 1. The number of carbonyl (C=O) groups is 1. The van der Waals surface area contributed by atoms with E-state index in [1.54, 1.807) is 13.3 Å². The van der Waals surface area contributed by atoms with Crippen LogP contribution >= 0.6 is 11.6 Å². The lowest BCUT2D eigenvalue weighted by molar-refractivity contribution is -0.122. The molecule has 4 atom stereocenters. The van der Waals surface area contributed by atoms with Crippen molar-refractivity contribution in [2.75, 3.05) is 44.0 Å². The van der Waals surface area contributed by atoms with E-state index in [2.05, 4.69) is 55.9 Å². The molecule has 0 radical (unpaired) electrons. The topological polar surface area (TPSA) is 105 Å². The molecule has 2 aromatic rings. The number of carbonyl (C=O) groups excluding carboxylic acids is 1. The van der Waals surface area contributed by atoms with Crippen LogP contribution in [0.3, 0.4) is 0 Å². The van der Waals surface area contributed by atoms with Gasteiger partial charge in [0.1, 0.15) is 5.02 Å². The molecule has 8 nitrogen and oxygen atoms in total. The highest BCUT2D eigenvalue weighted by Crippen LogP contribution is 2.45. The van der Waals surface area contributed by atoms with Gasteiger partial charge in [0.2, 0.25) is 11.9 Å².